The highest BCUT2D eigenvalue weighted by Crippen LogP contribution is 2.28. The number of ketones is 1. The van der Waals surface area contributed by atoms with Crippen molar-refractivity contribution in [2.24, 2.45) is 0 Å². The van der Waals surface area contributed by atoms with Crippen LogP contribution in [0.15, 0.2) is 47.7 Å². The molecule has 6 heteroatoms. The molecule has 1 aliphatic heterocycles. The maximum atomic E-state index is 11.7. The van der Waals surface area contributed by atoms with Crippen LogP contribution in [0.1, 0.15) is 20.8 Å². The lowest BCUT2D eigenvalue weighted by Crippen LogP contribution is -2.27. The van der Waals surface area contributed by atoms with Crippen LogP contribution in [0.2, 0.25) is 5.02 Å². The van der Waals surface area contributed by atoms with Crippen molar-refractivity contribution in [2.45, 2.75) is 26.4 Å². The van der Waals surface area contributed by atoms with Crippen LogP contribution in [0, 0.1) is 0 Å². The van der Waals surface area contributed by atoms with Gasteiger partial charge in [0.05, 0.1) is 0 Å². The molecule has 0 radical (unpaired) electrons. The van der Waals surface area contributed by atoms with Gasteiger partial charge in [-0.3, -0.25) is 10.1 Å². The zero-order valence-corrected chi connectivity index (χ0v) is 13.9. The SMILES string of the molecule is C/C(=C\COC(=O)Nc1ccc(Cl)cc1)C1=CC(=O)C(C)(C)O1. The van der Waals surface area contributed by atoms with E-state index in [1.165, 1.54) is 6.08 Å². The lowest BCUT2D eigenvalue weighted by molar-refractivity contribution is -0.126. The zero-order valence-electron chi connectivity index (χ0n) is 13.2. The first kappa shape index (κ1) is 17.1. The number of carbonyl (C=O) groups excluding carboxylic acids is 2. The van der Waals surface area contributed by atoms with E-state index in [1.807, 2.05) is 0 Å². The summed E-state index contributed by atoms with van der Waals surface area (Å²) < 4.78 is 10.6. The zero-order chi connectivity index (χ0) is 17.0. The van der Waals surface area contributed by atoms with E-state index in [-0.39, 0.29) is 12.4 Å². The van der Waals surface area contributed by atoms with Crippen LogP contribution >= 0.6 is 11.6 Å². The van der Waals surface area contributed by atoms with Crippen molar-refractivity contribution in [2.75, 3.05) is 11.9 Å². The maximum Gasteiger partial charge on any atom is 0.411 e. The summed E-state index contributed by atoms with van der Waals surface area (Å²) >= 11 is 5.77. The van der Waals surface area contributed by atoms with Crippen molar-refractivity contribution >= 4 is 29.2 Å². The Morgan fingerprint density at radius 3 is 2.57 bits per heavy atom. The summed E-state index contributed by atoms with van der Waals surface area (Å²) in [7, 11) is 0. The molecule has 1 aromatic carbocycles. The highest BCUT2D eigenvalue weighted by atomic mass is 35.5. The number of nitrogens with one attached hydrogen (secondary N) is 1. The molecule has 1 N–H and O–H groups in total. The summed E-state index contributed by atoms with van der Waals surface area (Å²) in [4.78, 5) is 23.3. The van der Waals surface area contributed by atoms with E-state index >= 15 is 0 Å². The summed E-state index contributed by atoms with van der Waals surface area (Å²) in [5.41, 5.74) is 0.495. The minimum Gasteiger partial charge on any atom is -0.479 e. The molecular formula is C17H18ClNO4. The molecule has 122 valence electrons. The van der Waals surface area contributed by atoms with E-state index in [1.54, 1.807) is 51.1 Å². The Bertz CT molecular complexity index is 674. The largest absolute Gasteiger partial charge is 0.479 e. The van der Waals surface area contributed by atoms with E-state index in [0.29, 0.717) is 16.5 Å². The highest BCUT2D eigenvalue weighted by molar-refractivity contribution is 6.30. The van der Waals surface area contributed by atoms with Gasteiger partial charge in [0.2, 0.25) is 5.78 Å². The number of halogens is 1. The van der Waals surface area contributed by atoms with Gasteiger partial charge in [-0.1, -0.05) is 11.6 Å². The number of anilines is 1. The van der Waals surface area contributed by atoms with E-state index in [0.717, 1.165) is 5.57 Å². The molecule has 0 unspecified atom stereocenters. The Morgan fingerprint density at radius 2 is 2.00 bits per heavy atom. The average Bonchev–Trinajstić information content (AvgIpc) is 2.75. The number of ether oxygens (including phenoxy) is 2. The summed E-state index contributed by atoms with van der Waals surface area (Å²) in [6.07, 6.45) is 2.57. The molecule has 1 aliphatic rings. The minimum absolute atomic E-state index is 0.0700. The third-order valence-electron chi connectivity index (χ3n) is 3.30. The first-order chi connectivity index (χ1) is 10.8. The Kier molecular flexibility index (Phi) is 5.11. The molecule has 23 heavy (non-hydrogen) atoms. The lowest BCUT2D eigenvalue weighted by atomic mass is 10.1. The molecule has 2 rings (SSSR count). The molecule has 0 bridgehead atoms. The number of amides is 1. The number of rotatable bonds is 4. The highest BCUT2D eigenvalue weighted by Gasteiger charge is 2.35. The van der Waals surface area contributed by atoms with Gasteiger partial charge in [0.15, 0.2) is 5.60 Å². The summed E-state index contributed by atoms with van der Waals surface area (Å²) in [5.74, 6) is 0.420. The molecule has 0 aliphatic carbocycles. The van der Waals surface area contributed by atoms with E-state index < -0.39 is 11.7 Å². The molecule has 1 heterocycles. The van der Waals surface area contributed by atoms with Gasteiger partial charge >= 0.3 is 6.09 Å². The van der Waals surface area contributed by atoms with Crippen LogP contribution in [0.3, 0.4) is 0 Å². The van der Waals surface area contributed by atoms with Crippen LogP contribution in [-0.2, 0) is 14.3 Å². The lowest BCUT2D eigenvalue weighted by Gasteiger charge is -2.18. The molecular weight excluding hydrogens is 318 g/mol. The Balaban J connectivity index is 1.84. The topological polar surface area (TPSA) is 64.6 Å². The average molecular weight is 336 g/mol. The van der Waals surface area contributed by atoms with Crippen LogP contribution in [0.5, 0.6) is 0 Å². The summed E-state index contributed by atoms with van der Waals surface area (Å²) in [5, 5.41) is 3.17. The molecule has 0 aromatic heterocycles. The molecule has 5 nitrogen and oxygen atoms in total. The van der Waals surface area contributed by atoms with Crippen LogP contribution in [0.25, 0.3) is 0 Å². The minimum atomic E-state index is -0.836. The molecule has 0 saturated carbocycles. The van der Waals surface area contributed by atoms with Crippen molar-refractivity contribution in [3.05, 3.63) is 52.8 Å². The van der Waals surface area contributed by atoms with Gasteiger partial charge in [0.1, 0.15) is 12.4 Å². The van der Waals surface area contributed by atoms with Gasteiger partial charge < -0.3 is 9.47 Å². The van der Waals surface area contributed by atoms with Crippen molar-refractivity contribution < 1.29 is 19.1 Å². The number of hydrogen-bond acceptors (Lipinski definition) is 4. The third kappa shape index (κ3) is 4.60. The Morgan fingerprint density at radius 1 is 1.35 bits per heavy atom. The smallest absolute Gasteiger partial charge is 0.411 e. The van der Waals surface area contributed by atoms with Gasteiger partial charge in [0.25, 0.3) is 0 Å². The maximum absolute atomic E-state index is 11.7. The van der Waals surface area contributed by atoms with Crippen LogP contribution < -0.4 is 5.32 Å². The van der Waals surface area contributed by atoms with E-state index in [9.17, 15) is 9.59 Å². The monoisotopic (exact) mass is 335 g/mol. The number of benzene rings is 1. The fourth-order valence-electron chi connectivity index (χ4n) is 1.87. The molecule has 0 saturated heterocycles. The third-order valence-corrected chi connectivity index (χ3v) is 3.56. The molecule has 0 atom stereocenters. The molecule has 1 aromatic rings. The normalized spacial score (nSPS) is 16.6. The molecule has 1 amide bonds. The second-order valence-corrected chi connectivity index (χ2v) is 6.04. The van der Waals surface area contributed by atoms with Gasteiger partial charge in [-0.2, -0.15) is 0 Å². The van der Waals surface area contributed by atoms with Gasteiger partial charge in [-0.05, 0) is 56.7 Å². The van der Waals surface area contributed by atoms with E-state index in [2.05, 4.69) is 5.32 Å². The summed E-state index contributed by atoms with van der Waals surface area (Å²) in [6, 6.07) is 6.69. The fraction of sp³-hybridized carbons (Fsp3) is 0.294. The predicted molar refractivity (Wildman–Crippen MR) is 88.4 cm³/mol. The van der Waals surface area contributed by atoms with Crippen LogP contribution in [0.4, 0.5) is 10.5 Å². The Hall–Kier alpha value is -2.27. The van der Waals surface area contributed by atoms with Crippen molar-refractivity contribution in [1.29, 1.82) is 0 Å². The quantitative estimate of drug-likeness (QED) is 0.899. The standard InChI is InChI=1S/C17H18ClNO4/c1-11(14-10-15(20)17(2,3)23-14)8-9-22-16(21)19-13-6-4-12(18)5-7-13/h4-8,10H,9H2,1-3H3,(H,19,21)/b11-8+. The first-order valence-corrected chi connectivity index (χ1v) is 7.47. The van der Waals surface area contributed by atoms with E-state index in [4.69, 9.17) is 21.1 Å². The Labute approximate surface area is 139 Å². The fourth-order valence-corrected chi connectivity index (χ4v) is 2.00. The van der Waals surface area contributed by atoms with Gasteiger partial charge in [-0.25, -0.2) is 4.79 Å². The van der Waals surface area contributed by atoms with Crippen molar-refractivity contribution in [1.82, 2.24) is 0 Å². The number of carbonyl (C=O) groups is 2. The second-order valence-electron chi connectivity index (χ2n) is 5.60. The predicted octanol–water partition coefficient (Wildman–Crippen LogP) is 4.10. The second kappa shape index (κ2) is 6.87. The molecule has 0 spiro atoms. The first-order valence-electron chi connectivity index (χ1n) is 7.09. The van der Waals surface area contributed by atoms with Gasteiger partial charge in [0, 0.05) is 16.8 Å². The number of hydrogen-bond donors (Lipinski definition) is 1. The van der Waals surface area contributed by atoms with Crippen LogP contribution in [-0.4, -0.2) is 24.1 Å². The van der Waals surface area contributed by atoms with Crippen molar-refractivity contribution in [3.8, 4) is 0 Å². The van der Waals surface area contributed by atoms with Gasteiger partial charge in [-0.15, -0.1) is 0 Å². The summed E-state index contributed by atoms with van der Waals surface area (Å²) in [6.45, 7) is 5.28. The molecule has 0 fully saturated rings. The number of allylic oxidation sites excluding steroid dienone is 1. The van der Waals surface area contributed by atoms with Crippen molar-refractivity contribution in [3.63, 3.8) is 0 Å².